The van der Waals surface area contributed by atoms with E-state index in [9.17, 15) is 4.79 Å². The molecule has 0 aliphatic heterocycles. The molecule has 1 heterocycles. The third-order valence-electron chi connectivity index (χ3n) is 2.96. The zero-order chi connectivity index (χ0) is 11.7. The first-order valence-electron chi connectivity index (χ1n) is 5.81. The van der Waals surface area contributed by atoms with E-state index in [-0.39, 0.29) is 5.91 Å². The standard InChI is InChI=1S/C11H18N4O/c1-3-14(8-5-6-8)11(16)10-9(12)7-13-15(10)4-2/h7-8H,3-6,12H2,1-2H3. The molecule has 0 spiro atoms. The minimum absolute atomic E-state index is 0.0156. The van der Waals surface area contributed by atoms with Gasteiger partial charge in [-0.15, -0.1) is 0 Å². The Labute approximate surface area is 95.2 Å². The highest BCUT2D eigenvalue weighted by atomic mass is 16.2. The predicted octanol–water partition coefficient (Wildman–Crippen LogP) is 1.11. The van der Waals surface area contributed by atoms with Gasteiger partial charge >= 0.3 is 0 Å². The number of amides is 1. The average molecular weight is 222 g/mol. The summed E-state index contributed by atoms with van der Waals surface area (Å²) >= 11 is 0. The lowest BCUT2D eigenvalue weighted by Crippen LogP contribution is -2.34. The minimum Gasteiger partial charge on any atom is -0.396 e. The number of hydrogen-bond donors (Lipinski definition) is 1. The number of carbonyl (C=O) groups is 1. The molecule has 0 aromatic carbocycles. The fourth-order valence-electron chi connectivity index (χ4n) is 1.96. The van der Waals surface area contributed by atoms with Crippen molar-refractivity contribution in [2.75, 3.05) is 12.3 Å². The smallest absolute Gasteiger partial charge is 0.274 e. The highest BCUT2D eigenvalue weighted by molar-refractivity contribution is 5.97. The molecule has 1 aromatic rings. The molecule has 0 saturated heterocycles. The molecule has 0 unspecified atom stereocenters. The average Bonchev–Trinajstić information content (AvgIpc) is 3.02. The molecule has 5 nitrogen and oxygen atoms in total. The van der Waals surface area contributed by atoms with Crippen molar-refractivity contribution in [2.45, 2.75) is 39.3 Å². The maximum absolute atomic E-state index is 12.3. The number of anilines is 1. The van der Waals surface area contributed by atoms with E-state index in [1.807, 2.05) is 18.7 Å². The lowest BCUT2D eigenvalue weighted by atomic mass is 10.3. The van der Waals surface area contributed by atoms with Crippen molar-refractivity contribution < 1.29 is 4.79 Å². The second-order valence-corrected chi connectivity index (χ2v) is 4.09. The van der Waals surface area contributed by atoms with E-state index in [4.69, 9.17) is 5.73 Å². The van der Waals surface area contributed by atoms with Crippen LogP contribution in [0.25, 0.3) is 0 Å². The molecule has 1 saturated carbocycles. The third kappa shape index (κ3) is 1.77. The molecule has 5 heteroatoms. The Morgan fingerprint density at radius 3 is 2.81 bits per heavy atom. The maximum atomic E-state index is 12.3. The van der Waals surface area contributed by atoms with Gasteiger partial charge in [0.1, 0.15) is 5.69 Å². The lowest BCUT2D eigenvalue weighted by Gasteiger charge is -2.20. The Hall–Kier alpha value is -1.52. The van der Waals surface area contributed by atoms with Gasteiger partial charge in [-0.25, -0.2) is 0 Å². The molecular formula is C11H18N4O. The Kier molecular flexibility index (Phi) is 2.85. The van der Waals surface area contributed by atoms with Gasteiger partial charge in [-0.1, -0.05) is 0 Å². The molecule has 1 aromatic heterocycles. The van der Waals surface area contributed by atoms with Gasteiger partial charge in [-0.3, -0.25) is 9.48 Å². The zero-order valence-electron chi connectivity index (χ0n) is 9.81. The summed E-state index contributed by atoms with van der Waals surface area (Å²) in [6, 6.07) is 0.414. The second-order valence-electron chi connectivity index (χ2n) is 4.09. The van der Waals surface area contributed by atoms with E-state index in [0.717, 1.165) is 19.4 Å². The fourth-order valence-corrected chi connectivity index (χ4v) is 1.96. The molecule has 16 heavy (non-hydrogen) atoms. The normalized spacial score (nSPS) is 15.1. The van der Waals surface area contributed by atoms with Gasteiger partial charge < -0.3 is 10.6 Å². The van der Waals surface area contributed by atoms with E-state index >= 15 is 0 Å². The maximum Gasteiger partial charge on any atom is 0.274 e. The van der Waals surface area contributed by atoms with Gasteiger partial charge in [0, 0.05) is 19.1 Å². The van der Waals surface area contributed by atoms with Crippen molar-refractivity contribution in [1.29, 1.82) is 0 Å². The summed E-state index contributed by atoms with van der Waals surface area (Å²) in [5, 5.41) is 4.10. The summed E-state index contributed by atoms with van der Waals surface area (Å²) in [4.78, 5) is 14.2. The first kappa shape index (κ1) is 11.0. The highest BCUT2D eigenvalue weighted by Gasteiger charge is 2.33. The van der Waals surface area contributed by atoms with Crippen LogP contribution in [-0.4, -0.2) is 33.2 Å². The van der Waals surface area contributed by atoms with Gasteiger partial charge in [-0.2, -0.15) is 5.10 Å². The summed E-state index contributed by atoms with van der Waals surface area (Å²) in [7, 11) is 0. The van der Waals surface area contributed by atoms with E-state index in [2.05, 4.69) is 5.10 Å². The van der Waals surface area contributed by atoms with Gasteiger partial charge in [0.15, 0.2) is 0 Å². The van der Waals surface area contributed by atoms with Crippen LogP contribution in [0.1, 0.15) is 37.2 Å². The highest BCUT2D eigenvalue weighted by Crippen LogP contribution is 2.28. The summed E-state index contributed by atoms with van der Waals surface area (Å²) in [6.07, 6.45) is 3.77. The summed E-state index contributed by atoms with van der Waals surface area (Å²) in [5.74, 6) is 0.0156. The number of nitrogens with zero attached hydrogens (tertiary/aromatic N) is 3. The quantitative estimate of drug-likeness (QED) is 0.830. The molecular weight excluding hydrogens is 204 g/mol. The molecule has 1 aliphatic rings. The lowest BCUT2D eigenvalue weighted by molar-refractivity contribution is 0.0741. The molecule has 2 rings (SSSR count). The Balaban J connectivity index is 2.27. The number of aryl methyl sites for hydroxylation is 1. The number of nitrogen functional groups attached to an aromatic ring is 1. The number of aromatic nitrogens is 2. The monoisotopic (exact) mass is 222 g/mol. The Morgan fingerprint density at radius 1 is 1.62 bits per heavy atom. The van der Waals surface area contributed by atoms with Crippen LogP contribution in [0.5, 0.6) is 0 Å². The molecule has 0 bridgehead atoms. The summed E-state index contributed by atoms with van der Waals surface area (Å²) in [6.45, 7) is 5.36. The second kappa shape index (κ2) is 4.15. The van der Waals surface area contributed by atoms with Crippen LogP contribution in [0.4, 0.5) is 5.69 Å². The number of nitrogens with two attached hydrogens (primary N) is 1. The number of rotatable bonds is 4. The van der Waals surface area contributed by atoms with E-state index in [1.165, 1.54) is 0 Å². The molecule has 88 valence electrons. The van der Waals surface area contributed by atoms with Crippen molar-refractivity contribution in [1.82, 2.24) is 14.7 Å². The first-order chi connectivity index (χ1) is 7.69. The fraction of sp³-hybridized carbons (Fsp3) is 0.636. The van der Waals surface area contributed by atoms with E-state index < -0.39 is 0 Å². The van der Waals surface area contributed by atoms with Crippen LogP contribution in [0, 0.1) is 0 Å². The van der Waals surface area contributed by atoms with E-state index in [0.29, 0.717) is 24.0 Å². The molecule has 0 radical (unpaired) electrons. The Bertz CT molecular complexity index is 395. The van der Waals surface area contributed by atoms with Crippen molar-refractivity contribution in [2.24, 2.45) is 0 Å². The number of hydrogen-bond acceptors (Lipinski definition) is 3. The topological polar surface area (TPSA) is 64.2 Å². The Morgan fingerprint density at radius 2 is 2.31 bits per heavy atom. The van der Waals surface area contributed by atoms with Crippen LogP contribution in [0.3, 0.4) is 0 Å². The largest absolute Gasteiger partial charge is 0.396 e. The predicted molar refractivity (Wildman–Crippen MR) is 62.0 cm³/mol. The first-order valence-corrected chi connectivity index (χ1v) is 5.81. The van der Waals surface area contributed by atoms with Crippen LogP contribution >= 0.6 is 0 Å². The van der Waals surface area contributed by atoms with Crippen LogP contribution in [-0.2, 0) is 6.54 Å². The summed E-state index contributed by atoms with van der Waals surface area (Å²) < 4.78 is 1.67. The molecule has 0 atom stereocenters. The van der Waals surface area contributed by atoms with Crippen LogP contribution in [0.15, 0.2) is 6.20 Å². The van der Waals surface area contributed by atoms with Gasteiger partial charge in [0.05, 0.1) is 11.9 Å². The van der Waals surface area contributed by atoms with Crippen molar-refractivity contribution >= 4 is 11.6 Å². The minimum atomic E-state index is 0.0156. The number of carbonyl (C=O) groups excluding carboxylic acids is 1. The van der Waals surface area contributed by atoms with Crippen LogP contribution in [0.2, 0.25) is 0 Å². The van der Waals surface area contributed by atoms with Gasteiger partial charge in [0.2, 0.25) is 0 Å². The van der Waals surface area contributed by atoms with Gasteiger partial charge in [-0.05, 0) is 26.7 Å². The summed E-state index contributed by atoms with van der Waals surface area (Å²) in [5.41, 5.74) is 6.82. The zero-order valence-corrected chi connectivity index (χ0v) is 9.81. The van der Waals surface area contributed by atoms with Crippen molar-refractivity contribution in [3.8, 4) is 0 Å². The van der Waals surface area contributed by atoms with E-state index in [1.54, 1.807) is 10.9 Å². The molecule has 1 fully saturated rings. The van der Waals surface area contributed by atoms with Crippen molar-refractivity contribution in [3.05, 3.63) is 11.9 Å². The molecule has 1 aliphatic carbocycles. The molecule has 1 amide bonds. The molecule has 2 N–H and O–H groups in total. The van der Waals surface area contributed by atoms with Crippen molar-refractivity contribution in [3.63, 3.8) is 0 Å². The van der Waals surface area contributed by atoms with Gasteiger partial charge in [0.25, 0.3) is 5.91 Å². The third-order valence-corrected chi connectivity index (χ3v) is 2.96. The van der Waals surface area contributed by atoms with Crippen LogP contribution < -0.4 is 5.73 Å². The SMILES string of the molecule is CCN(C(=O)c1c(N)cnn1CC)C1CC1.